The zero-order valence-corrected chi connectivity index (χ0v) is 24.3. The van der Waals surface area contributed by atoms with Crippen LogP contribution in [0.15, 0.2) is 48.9 Å². The Labute approximate surface area is 247 Å². The lowest BCUT2D eigenvalue weighted by molar-refractivity contribution is 0.0939. The Morgan fingerprint density at radius 3 is 2.63 bits per heavy atom. The second-order valence-corrected chi connectivity index (χ2v) is 11.1. The van der Waals surface area contributed by atoms with Crippen molar-refractivity contribution >= 4 is 29.2 Å². The third-order valence-corrected chi connectivity index (χ3v) is 7.69. The lowest BCUT2D eigenvalue weighted by Crippen LogP contribution is -2.54. The van der Waals surface area contributed by atoms with Gasteiger partial charge in [0, 0.05) is 24.3 Å². The summed E-state index contributed by atoms with van der Waals surface area (Å²) in [6.07, 6.45) is 5.80. The number of imidazole rings is 1. The van der Waals surface area contributed by atoms with E-state index in [0.29, 0.717) is 23.6 Å². The molecule has 1 aromatic carbocycles. The molecule has 226 valence electrons. The van der Waals surface area contributed by atoms with Gasteiger partial charge in [-0.05, 0) is 74.4 Å². The lowest BCUT2D eigenvalue weighted by Gasteiger charge is -2.39. The quantitative estimate of drug-likeness (QED) is 0.245. The van der Waals surface area contributed by atoms with E-state index in [-0.39, 0.29) is 41.2 Å². The van der Waals surface area contributed by atoms with E-state index < -0.39 is 29.2 Å². The molecule has 43 heavy (non-hydrogen) atoms. The maximum absolute atomic E-state index is 15.5. The number of aromatic nitrogens is 4. The maximum Gasteiger partial charge on any atom is 0.407 e. The summed E-state index contributed by atoms with van der Waals surface area (Å²) in [5.74, 6) is -2.06. The van der Waals surface area contributed by atoms with Crippen LogP contribution in [0.1, 0.15) is 55.5 Å². The molecule has 13 heteroatoms. The highest BCUT2D eigenvalue weighted by Gasteiger charge is 2.36. The molecule has 4 atom stereocenters. The molecular weight excluding hydrogens is 558 g/mol. The number of anilines is 2. The number of pyridine rings is 1. The summed E-state index contributed by atoms with van der Waals surface area (Å²) in [6.45, 7) is 5.53. The first kappa shape index (κ1) is 29.8. The number of benzene rings is 1. The molecule has 3 aromatic heterocycles. The molecule has 11 nitrogen and oxygen atoms in total. The molecule has 1 saturated carbocycles. The zero-order chi connectivity index (χ0) is 30.8. The first-order valence-corrected chi connectivity index (χ1v) is 14.0. The lowest BCUT2D eigenvalue weighted by atomic mass is 9.73. The summed E-state index contributed by atoms with van der Waals surface area (Å²) in [4.78, 5) is 33.1. The Kier molecular flexibility index (Phi) is 8.53. The van der Waals surface area contributed by atoms with Crippen LogP contribution in [-0.4, -0.2) is 56.8 Å². The number of carbonyl (C=O) groups is 2. The van der Waals surface area contributed by atoms with Gasteiger partial charge >= 0.3 is 6.09 Å². The molecule has 2 amide bonds. The maximum atomic E-state index is 15.5. The van der Waals surface area contributed by atoms with Crippen LogP contribution in [0.4, 0.5) is 25.2 Å². The molecule has 3 heterocycles. The smallest absolute Gasteiger partial charge is 0.407 e. The van der Waals surface area contributed by atoms with E-state index >= 15 is 4.39 Å². The van der Waals surface area contributed by atoms with Gasteiger partial charge in [-0.1, -0.05) is 6.92 Å². The molecule has 1 aliphatic rings. The average molecular weight is 593 g/mol. The largest absolute Gasteiger partial charge is 0.453 e. The number of methoxy groups -OCH3 is 1. The van der Waals surface area contributed by atoms with E-state index in [9.17, 15) is 14.0 Å². The van der Waals surface area contributed by atoms with Crippen molar-refractivity contribution in [1.82, 2.24) is 30.2 Å². The molecule has 0 saturated heterocycles. The molecule has 1 aliphatic carbocycles. The predicted octanol–water partition coefficient (Wildman–Crippen LogP) is 4.52. The monoisotopic (exact) mass is 592 g/mol. The zero-order valence-electron chi connectivity index (χ0n) is 24.3. The van der Waals surface area contributed by atoms with Gasteiger partial charge in [-0.2, -0.15) is 9.61 Å². The molecule has 4 aromatic rings. The molecular formula is C30H34F2N8O3. The van der Waals surface area contributed by atoms with E-state index in [4.69, 9.17) is 10.5 Å². The third-order valence-electron chi connectivity index (χ3n) is 7.69. The molecule has 0 aliphatic heterocycles. The summed E-state index contributed by atoms with van der Waals surface area (Å²) >= 11 is 0. The fourth-order valence-corrected chi connectivity index (χ4v) is 5.68. The number of ether oxygens (including phenoxy) is 1. The van der Waals surface area contributed by atoms with Gasteiger partial charge in [-0.15, -0.1) is 0 Å². The number of nitrogens with one attached hydrogen (secondary N) is 3. The highest BCUT2D eigenvalue weighted by Crippen LogP contribution is 2.39. The average Bonchev–Trinajstić information content (AvgIpc) is 3.36. The van der Waals surface area contributed by atoms with Gasteiger partial charge in [0.05, 0.1) is 47.5 Å². The SMILES string of the molecule is COC(=O)N[C@@H]1[C@H](N)C[C@H](c2ccncc2Nc2ncc3ccc(-c4c(F)ccc(C(=O)NC(C)C)c4F)nn23)C[C@@H]1C. The van der Waals surface area contributed by atoms with Crippen molar-refractivity contribution in [2.45, 2.75) is 57.7 Å². The number of amides is 2. The van der Waals surface area contributed by atoms with Crippen LogP contribution in [0.25, 0.3) is 16.8 Å². The Morgan fingerprint density at radius 2 is 1.91 bits per heavy atom. The molecule has 0 spiro atoms. The first-order chi connectivity index (χ1) is 20.6. The number of alkyl carbamates (subject to hydrolysis) is 1. The minimum atomic E-state index is -1.00. The Bertz CT molecular complexity index is 1650. The van der Waals surface area contributed by atoms with E-state index in [2.05, 4.69) is 31.0 Å². The second-order valence-electron chi connectivity index (χ2n) is 11.1. The number of rotatable bonds is 7. The van der Waals surface area contributed by atoms with Crippen LogP contribution in [0.3, 0.4) is 0 Å². The number of nitrogens with two attached hydrogens (primary N) is 1. The Hall–Kier alpha value is -4.65. The minimum Gasteiger partial charge on any atom is -0.453 e. The van der Waals surface area contributed by atoms with E-state index in [1.807, 2.05) is 13.0 Å². The van der Waals surface area contributed by atoms with Gasteiger partial charge in [-0.3, -0.25) is 9.78 Å². The molecule has 0 bridgehead atoms. The summed E-state index contributed by atoms with van der Waals surface area (Å²) in [5.41, 5.74) is 8.00. The number of halogens is 2. The van der Waals surface area contributed by atoms with Gasteiger partial charge in [0.25, 0.3) is 5.91 Å². The standard InChI is InChI=1S/C30H34F2N8O3/c1-15(2)36-28(41)20-6-7-21(31)25(26(20)32)23-8-5-18-13-35-29(40(18)39-23)37-24-14-34-10-9-19(24)17-11-16(3)27(22(33)12-17)38-30(42)43-4/h5-10,13-17,22,27H,11-12,33H2,1-4H3,(H,35,37)(H,36,41)(H,38,42)/t16-,17+,22+,27-/m0/s1. The predicted molar refractivity (Wildman–Crippen MR) is 157 cm³/mol. The molecule has 5 rings (SSSR count). The fourth-order valence-electron chi connectivity index (χ4n) is 5.68. The first-order valence-electron chi connectivity index (χ1n) is 14.0. The van der Waals surface area contributed by atoms with Crippen LogP contribution in [-0.2, 0) is 4.74 Å². The number of carbonyl (C=O) groups excluding carboxylic acids is 2. The van der Waals surface area contributed by atoms with Crippen molar-refractivity contribution in [3.8, 4) is 11.3 Å². The van der Waals surface area contributed by atoms with Crippen LogP contribution in [0.5, 0.6) is 0 Å². The summed E-state index contributed by atoms with van der Waals surface area (Å²) < 4.78 is 36.7. The molecule has 5 N–H and O–H groups in total. The fraction of sp³-hybridized carbons (Fsp3) is 0.367. The van der Waals surface area contributed by atoms with E-state index in [1.54, 1.807) is 38.5 Å². The van der Waals surface area contributed by atoms with Crippen LogP contribution >= 0.6 is 0 Å². The van der Waals surface area contributed by atoms with Gasteiger partial charge < -0.3 is 26.4 Å². The normalized spacial score (nSPS) is 20.2. The minimum absolute atomic E-state index is 0.00890. The third kappa shape index (κ3) is 6.12. The Balaban J connectivity index is 1.45. The molecule has 1 fully saturated rings. The van der Waals surface area contributed by atoms with Crippen LogP contribution < -0.4 is 21.7 Å². The van der Waals surface area contributed by atoms with Gasteiger partial charge in [-0.25, -0.2) is 18.6 Å². The number of hydrogen-bond donors (Lipinski definition) is 4. The Morgan fingerprint density at radius 1 is 1.12 bits per heavy atom. The van der Waals surface area contributed by atoms with Crippen LogP contribution in [0.2, 0.25) is 0 Å². The van der Waals surface area contributed by atoms with Crippen molar-refractivity contribution < 1.29 is 23.1 Å². The highest BCUT2D eigenvalue weighted by molar-refractivity contribution is 5.96. The van der Waals surface area contributed by atoms with Crippen molar-refractivity contribution in [2.24, 2.45) is 11.7 Å². The van der Waals surface area contributed by atoms with E-state index in [0.717, 1.165) is 24.1 Å². The second kappa shape index (κ2) is 12.3. The topological polar surface area (TPSA) is 149 Å². The summed E-state index contributed by atoms with van der Waals surface area (Å²) in [5, 5.41) is 13.2. The van der Waals surface area contributed by atoms with Crippen LogP contribution in [0, 0.1) is 17.6 Å². The van der Waals surface area contributed by atoms with Crippen molar-refractivity contribution in [3.05, 3.63) is 71.7 Å². The molecule has 0 radical (unpaired) electrons. The number of hydrogen-bond acceptors (Lipinski definition) is 8. The van der Waals surface area contributed by atoms with Crippen molar-refractivity contribution in [1.29, 1.82) is 0 Å². The highest BCUT2D eigenvalue weighted by atomic mass is 19.1. The molecule has 0 unspecified atom stereocenters. The summed E-state index contributed by atoms with van der Waals surface area (Å²) in [6, 6.07) is 6.45. The number of fused-ring (bicyclic) bond motifs is 1. The van der Waals surface area contributed by atoms with Gasteiger partial charge in [0.15, 0.2) is 0 Å². The summed E-state index contributed by atoms with van der Waals surface area (Å²) in [7, 11) is 1.32. The number of nitrogens with zero attached hydrogens (tertiary/aromatic N) is 4. The van der Waals surface area contributed by atoms with Crippen molar-refractivity contribution in [2.75, 3.05) is 12.4 Å². The van der Waals surface area contributed by atoms with Gasteiger partial charge in [0.2, 0.25) is 5.95 Å². The van der Waals surface area contributed by atoms with Gasteiger partial charge in [0.1, 0.15) is 11.6 Å². The van der Waals surface area contributed by atoms with Crippen molar-refractivity contribution in [3.63, 3.8) is 0 Å². The van der Waals surface area contributed by atoms with E-state index in [1.165, 1.54) is 17.7 Å².